The van der Waals surface area contributed by atoms with Crippen LogP contribution in [0.4, 0.5) is 5.69 Å². The van der Waals surface area contributed by atoms with Gasteiger partial charge in [-0.2, -0.15) is 0 Å². The summed E-state index contributed by atoms with van der Waals surface area (Å²) in [6, 6.07) is 6.68. The van der Waals surface area contributed by atoms with E-state index < -0.39 is 0 Å². The molecule has 1 aromatic carbocycles. The predicted octanol–water partition coefficient (Wildman–Crippen LogP) is 2.16. The number of nitrogens with zero attached hydrogens (tertiary/aromatic N) is 1. The van der Waals surface area contributed by atoms with Gasteiger partial charge in [-0.25, -0.2) is 0 Å². The summed E-state index contributed by atoms with van der Waals surface area (Å²) in [7, 11) is 0. The first-order valence-corrected chi connectivity index (χ1v) is 3.47. The average molecular weight is 151 g/mol. The molecule has 0 aliphatic rings. The highest BCUT2D eigenvalue weighted by Crippen LogP contribution is 2.12. The van der Waals surface area contributed by atoms with E-state index in [-0.39, 0.29) is 10.6 Å². The number of aryl methyl sites for hydroxylation is 1. The maximum absolute atomic E-state index is 10.3. The number of benzene rings is 1. The highest BCUT2D eigenvalue weighted by atomic mass is 16.6. The molecule has 0 unspecified atom stereocenters. The second kappa shape index (κ2) is 3.14. The van der Waals surface area contributed by atoms with Crippen LogP contribution >= 0.6 is 0 Å². The summed E-state index contributed by atoms with van der Waals surface area (Å²) in [6.07, 6.45) is 0.835. The molecule has 0 radical (unpaired) electrons. The van der Waals surface area contributed by atoms with Gasteiger partial charge in [-0.15, -0.1) is 0 Å². The maximum Gasteiger partial charge on any atom is 0.269 e. The Kier molecular flexibility index (Phi) is 2.21. The molecule has 0 bridgehead atoms. The third kappa shape index (κ3) is 1.77. The van der Waals surface area contributed by atoms with E-state index in [1.807, 2.05) is 13.0 Å². The zero-order chi connectivity index (χ0) is 8.27. The molecule has 0 fully saturated rings. The Morgan fingerprint density at radius 2 is 2.27 bits per heavy atom. The van der Waals surface area contributed by atoms with Crippen LogP contribution in [-0.4, -0.2) is 4.92 Å². The second-order valence-corrected chi connectivity index (χ2v) is 2.28. The second-order valence-electron chi connectivity index (χ2n) is 2.28. The van der Waals surface area contributed by atoms with Crippen LogP contribution in [0.2, 0.25) is 0 Å². The molecule has 0 aromatic heterocycles. The summed E-state index contributed by atoms with van der Waals surface area (Å²) >= 11 is 0. The van der Waals surface area contributed by atoms with Crippen LogP contribution in [0.15, 0.2) is 24.3 Å². The Bertz CT molecular complexity index is 271. The molecule has 3 heteroatoms. The van der Waals surface area contributed by atoms with Gasteiger partial charge in [-0.05, 0) is 12.0 Å². The molecule has 0 aliphatic heterocycles. The third-order valence-corrected chi connectivity index (χ3v) is 1.53. The van der Waals surface area contributed by atoms with E-state index in [9.17, 15) is 10.1 Å². The Morgan fingerprint density at radius 1 is 1.55 bits per heavy atom. The molecule has 0 spiro atoms. The SMILES string of the molecule is CCc1cccc([N+](=O)[O-])c1. The smallest absolute Gasteiger partial charge is 0.258 e. The zero-order valence-electron chi connectivity index (χ0n) is 6.28. The number of rotatable bonds is 2. The van der Waals surface area contributed by atoms with Gasteiger partial charge in [0.2, 0.25) is 0 Å². The van der Waals surface area contributed by atoms with Crippen molar-refractivity contribution >= 4 is 5.69 Å². The molecular weight excluding hydrogens is 142 g/mol. The Hall–Kier alpha value is -1.38. The van der Waals surface area contributed by atoms with Crippen molar-refractivity contribution in [2.24, 2.45) is 0 Å². The fourth-order valence-corrected chi connectivity index (χ4v) is 0.890. The maximum atomic E-state index is 10.3. The molecule has 0 N–H and O–H groups in total. The number of non-ortho nitro benzene ring substituents is 1. The van der Waals surface area contributed by atoms with Crippen molar-refractivity contribution < 1.29 is 4.92 Å². The topological polar surface area (TPSA) is 43.1 Å². The minimum absolute atomic E-state index is 0.171. The monoisotopic (exact) mass is 151 g/mol. The molecular formula is C8H9NO2. The van der Waals surface area contributed by atoms with Gasteiger partial charge in [0.1, 0.15) is 0 Å². The van der Waals surface area contributed by atoms with Crippen molar-refractivity contribution in [2.45, 2.75) is 13.3 Å². The van der Waals surface area contributed by atoms with Crippen LogP contribution in [0.1, 0.15) is 12.5 Å². The first-order valence-electron chi connectivity index (χ1n) is 3.47. The van der Waals surface area contributed by atoms with Crippen LogP contribution in [0.5, 0.6) is 0 Å². The zero-order valence-corrected chi connectivity index (χ0v) is 6.28. The molecule has 1 rings (SSSR count). The van der Waals surface area contributed by atoms with Crippen LogP contribution < -0.4 is 0 Å². The normalized spacial score (nSPS) is 9.55. The predicted molar refractivity (Wildman–Crippen MR) is 42.5 cm³/mol. The summed E-state index contributed by atoms with van der Waals surface area (Å²) < 4.78 is 0. The van der Waals surface area contributed by atoms with Crippen molar-refractivity contribution in [1.29, 1.82) is 0 Å². The minimum Gasteiger partial charge on any atom is -0.258 e. The number of nitro benzene ring substituents is 1. The van der Waals surface area contributed by atoms with E-state index in [2.05, 4.69) is 0 Å². The van der Waals surface area contributed by atoms with E-state index >= 15 is 0 Å². The van der Waals surface area contributed by atoms with Gasteiger partial charge in [-0.1, -0.05) is 19.1 Å². The highest BCUT2D eigenvalue weighted by molar-refractivity contribution is 5.34. The standard InChI is InChI=1S/C8H9NO2/c1-2-7-4-3-5-8(6-7)9(10)11/h3-6H,2H2,1H3. The van der Waals surface area contributed by atoms with E-state index in [0.29, 0.717) is 0 Å². The molecule has 0 aliphatic carbocycles. The van der Waals surface area contributed by atoms with Crippen LogP contribution in [0, 0.1) is 10.1 Å². The van der Waals surface area contributed by atoms with Crippen molar-refractivity contribution in [2.75, 3.05) is 0 Å². The fraction of sp³-hybridized carbons (Fsp3) is 0.250. The van der Waals surface area contributed by atoms with E-state index in [0.717, 1.165) is 12.0 Å². The van der Waals surface area contributed by atoms with Crippen molar-refractivity contribution in [3.8, 4) is 0 Å². The first kappa shape index (κ1) is 7.72. The fourth-order valence-electron chi connectivity index (χ4n) is 0.890. The molecule has 0 saturated carbocycles. The van der Waals surface area contributed by atoms with Crippen molar-refractivity contribution in [3.05, 3.63) is 39.9 Å². The summed E-state index contributed by atoms with van der Waals surface area (Å²) in [6.45, 7) is 1.97. The van der Waals surface area contributed by atoms with Crippen LogP contribution in [-0.2, 0) is 6.42 Å². The van der Waals surface area contributed by atoms with Gasteiger partial charge in [0.05, 0.1) is 4.92 Å². The third-order valence-electron chi connectivity index (χ3n) is 1.53. The van der Waals surface area contributed by atoms with Gasteiger partial charge in [-0.3, -0.25) is 10.1 Å². The molecule has 58 valence electrons. The van der Waals surface area contributed by atoms with Crippen molar-refractivity contribution in [3.63, 3.8) is 0 Å². The van der Waals surface area contributed by atoms with E-state index in [1.54, 1.807) is 12.1 Å². The molecule has 1 aromatic rings. The molecule has 0 heterocycles. The molecule has 0 atom stereocenters. The summed E-state index contributed by atoms with van der Waals surface area (Å²) in [4.78, 5) is 9.90. The van der Waals surface area contributed by atoms with Crippen molar-refractivity contribution in [1.82, 2.24) is 0 Å². The lowest BCUT2D eigenvalue weighted by molar-refractivity contribution is -0.384. The quantitative estimate of drug-likeness (QED) is 0.480. The van der Waals surface area contributed by atoms with Gasteiger partial charge < -0.3 is 0 Å². The summed E-state index contributed by atoms with van der Waals surface area (Å²) in [5.74, 6) is 0. The summed E-state index contributed by atoms with van der Waals surface area (Å²) in [5, 5.41) is 10.3. The number of nitro groups is 1. The lowest BCUT2D eigenvalue weighted by Gasteiger charge is -1.94. The average Bonchev–Trinajstić information content (AvgIpc) is 2.05. The molecule has 11 heavy (non-hydrogen) atoms. The van der Waals surface area contributed by atoms with Gasteiger partial charge >= 0.3 is 0 Å². The first-order chi connectivity index (χ1) is 5.24. The molecule has 0 amide bonds. The van der Waals surface area contributed by atoms with Crippen LogP contribution in [0.25, 0.3) is 0 Å². The van der Waals surface area contributed by atoms with Gasteiger partial charge in [0.25, 0.3) is 5.69 Å². The van der Waals surface area contributed by atoms with Crippen LogP contribution in [0.3, 0.4) is 0 Å². The highest BCUT2D eigenvalue weighted by Gasteiger charge is 2.03. The van der Waals surface area contributed by atoms with E-state index in [1.165, 1.54) is 6.07 Å². The Balaban J connectivity index is 3.01. The Labute approximate surface area is 64.8 Å². The van der Waals surface area contributed by atoms with E-state index in [4.69, 9.17) is 0 Å². The molecule has 3 nitrogen and oxygen atoms in total. The summed E-state index contributed by atoms with van der Waals surface area (Å²) in [5.41, 5.74) is 1.17. The lowest BCUT2D eigenvalue weighted by atomic mass is 10.1. The minimum atomic E-state index is -0.376. The largest absolute Gasteiger partial charge is 0.269 e. The Morgan fingerprint density at radius 3 is 2.82 bits per heavy atom. The molecule has 0 saturated heterocycles. The van der Waals surface area contributed by atoms with Gasteiger partial charge in [0, 0.05) is 12.1 Å². The number of hydrogen-bond donors (Lipinski definition) is 0. The lowest BCUT2D eigenvalue weighted by Crippen LogP contribution is -1.88. The van der Waals surface area contributed by atoms with Gasteiger partial charge in [0.15, 0.2) is 0 Å². The number of hydrogen-bond acceptors (Lipinski definition) is 2.